The topological polar surface area (TPSA) is 70.1 Å². The molecule has 6 nitrogen and oxygen atoms in total. The lowest BCUT2D eigenvalue weighted by Gasteiger charge is -2.38. The lowest BCUT2D eigenvalue weighted by Crippen LogP contribution is -2.55. The Bertz CT molecular complexity index is 517. The van der Waals surface area contributed by atoms with Gasteiger partial charge in [-0.2, -0.15) is 0 Å². The van der Waals surface area contributed by atoms with Crippen molar-refractivity contribution in [3.05, 3.63) is 35.9 Å². The predicted octanol–water partition coefficient (Wildman–Crippen LogP) is -1.40. The van der Waals surface area contributed by atoms with Gasteiger partial charge >= 0.3 is 0 Å². The number of aliphatic carboxylic acids is 1. The molecule has 0 unspecified atom stereocenters. The number of hydrogen-bond acceptors (Lipinski definition) is 6. The molecule has 0 radical (unpaired) electrons. The Morgan fingerprint density at radius 1 is 1.09 bits per heavy atom. The molecule has 1 N–H and O–H groups in total. The van der Waals surface area contributed by atoms with Crippen LogP contribution in [0.2, 0.25) is 0 Å². The molecule has 0 aliphatic carbocycles. The zero-order valence-electron chi connectivity index (χ0n) is 13.3. The Morgan fingerprint density at radius 3 is 2.43 bits per heavy atom. The van der Waals surface area contributed by atoms with Gasteiger partial charge in [-0.05, 0) is 5.56 Å². The molecule has 6 heteroatoms. The van der Waals surface area contributed by atoms with Crippen molar-refractivity contribution in [1.82, 2.24) is 14.7 Å². The van der Waals surface area contributed by atoms with E-state index in [1.54, 1.807) is 0 Å². The van der Waals surface area contributed by atoms with Crippen LogP contribution in [-0.4, -0.2) is 83.7 Å². The van der Waals surface area contributed by atoms with Crippen LogP contribution in [0.3, 0.4) is 0 Å². The van der Waals surface area contributed by atoms with Gasteiger partial charge in [0.05, 0.1) is 12.1 Å². The van der Waals surface area contributed by atoms with E-state index in [0.717, 1.165) is 39.3 Å². The number of nitrogens with zero attached hydrogens (tertiary/aromatic N) is 3. The molecular weight excluding hydrogens is 294 g/mol. The van der Waals surface area contributed by atoms with Crippen LogP contribution < -0.4 is 5.11 Å². The van der Waals surface area contributed by atoms with Gasteiger partial charge in [0.2, 0.25) is 0 Å². The SMILES string of the molecule is O=C([O-])CN1CCN([C@@H]2CN(Cc3ccccc3)C[C@H]2O)CC1. The molecule has 0 amide bonds. The molecule has 2 fully saturated rings. The van der Waals surface area contributed by atoms with E-state index in [1.807, 2.05) is 23.1 Å². The summed E-state index contributed by atoms with van der Waals surface area (Å²) in [6.45, 7) is 5.45. The number of rotatable bonds is 5. The highest BCUT2D eigenvalue weighted by atomic mass is 16.4. The summed E-state index contributed by atoms with van der Waals surface area (Å²) < 4.78 is 0. The van der Waals surface area contributed by atoms with Gasteiger partial charge in [-0.3, -0.25) is 14.7 Å². The zero-order valence-corrected chi connectivity index (χ0v) is 13.3. The summed E-state index contributed by atoms with van der Waals surface area (Å²) in [5.41, 5.74) is 1.26. The van der Waals surface area contributed by atoms with Crippen LogP contribution in [0.15, 0.2) is 30.3 Å². The summed E-state index contributed by atoms with van der Waals surface area (Å²) in [5.74, 6) is -1.02. The van der Waals surface area contributed by atoms with E-state index < -0.39 is 5.97 Å². The average Bonchev–Trinajstić information content (AvgIpc) is 2.89. The van der Waals surface area contributed by atoms with Crippen LogP contribution in [0.1, 0.15) is 5.56 Å². The minimum Gasteiger partial charge on any atom is -0.549 e. The van der Waals surface area contributed by atoms with Gasteiger partial charge in [0.25, 0.3) is 0 Å². The number of piperazine rings is 1. The maximum Gasteiger partial charge on any atom is 0.0834 e. The zero-order chi connectivity index (χ0) is 16.2. The van der Waals surface area contributed by atoms with E-state index in [4.69, 9.17) is 0 Å². The van der Waals surface area contributed by atoms with Crippen LogP contribution in [0, 0.1) is 0 Å². The molecule has 0 bridgehead atoms. The van der Waals surface area contributed by atoms with Crippen LogP contribution in [-0.2, 0) is 11.3 Å². The molecule has 0 aromatic heterocycles. The molecular formula is C17H24N3O3-. The number of carbonyl (C=O) groups excluding carboxylic acids is 1. The van der Waals surface area contributed by atoms with Crippen molar-refractivity contribution in [2.24, 2.45) is 0 Å². The van der Waals surface area contributed by atoms with E-state index >= 15 is 0 Å². The van der Waals surface area contributed by atoms with E-state index in [1.165, 1.54) is 5.56 Å². The summed E-state index contributed by atoms with van der Waals surface area (Å²) in [5, 5.41) is 21.1. The van der Waals surface area contributed by atoms with Crippen molar-refractivity contribution in [3.8, 4) is 0 Å². The minimum absolute atomic E-state index is 0.00118. The second-order valence-corrected chi connectivity index (χ2v) is 6.50. The number of carbonyl (C=O) groups is 1. The molecule has 2 saturated heterocycles. The molecule has 23 heavy (non-hydrogen) atoms. The van der Waals surface area contributed by atoms with Crippen molar-refractivity contribution >= 4 is 5.97 Å². The number of β-amino-alcohol motifs (C(OH)–C–C–N with tert-alkyl or cyclic N) is 1. The van der Waals surface area contributed by atoms with Gasteiger partial charge in [0, 0.05) is 58.4 Å². The first-order chi connectivity index (χ1) is 11.1. The van der Waals surface area contributed by atoms with Gasteiger partial charge in [-0.25, -0.2) is 0 Å². The molecule has 1 aromatic carbocycles. The van der Waals surface area contributed by atoms with E-state index in [-0.39, 0.29) is 18.7 Å². The second kappa shape index (κ2) is 7.40. The summed E-state index contributed by atoms with van der Waals surface area (Å²) in [4.78, 5) is 17.1. The first kappa shape index (κ1) is 16.4. The van der Waals surface area contributed by atoms with Crippen LogP contribution in [0.5, 0.6) is 0 Å². The highest BCUT2D eigenvalue weighted by Crippen LogP contribution is 2.20. The summed E-state index contributed by atoms with van der Waals surface area (Å²) in [6.07, 6.45) is -0.341. The normalized spacial score (nSPS) is 27.3. The lowest BCUT2D eigenvalue weighted by molar-refractivity contribution is -0.306. The quantitative estimate of drug-likeness (QED) is 0.720. The molecule has 2 heterocycles. The third kappa shape index (κ3) is 4.29. The Kier molecular flexibility index (Phi) is 5.27. The highest BCUT2D eigenvalue weighted by molar-refractivity contribution is 5.66. The Morgan fingerprint density at radius 2 is 1.78 bits per heavy atom. The van der Waals surface area contributed by atoms with Crippen molar-refractivity contribution < 1.29 is 15.0 Å². The van der Waals surface area contributed by atoms with Crippen molar-refractivity contribution in [2.75, 3.05) is 45.8 Å². The first-order valence-corrected chi connectivity index (χ1v) is 8.22. The fraction of sp³-hybridized carbons (Fsp3) is 0.588. The molecule has 0 spiro atoms. The van der Waals surface area contributed by atoms with E-state index in [9.17, 15) is 15.0 Å². The Labute approximate surface area is 136 Å². The molecule has 2 aliphatic heterocycles. The summed E-state index contributed by atoms with van der Waals surface area (Å²) in [6, 6.07) is 10.4. The number of carboxylic acid groups (broad SMARTS) is 1. The monoisotopic (exact) mass is 318 g/mol. The standard InChI is InChI=1S/C17H25N3O3/c21-16-12-19(10-14-4-2-1-3-5-14)11-15(16)20-8-6-18(7-9-20)13-17(22)23/h1-5,15-16,21H,6-13H2,(H,22,23)/p-1/t15-,16-/m1/s1. The van der Waals surface area contributed by atoms with Crippen LogP contribution in [0.25, 0.3) is 0 Å². The predicted molar refractivity (Wildman–Crippen MR) is 84.5 cm³/mol. The molecule has 2 atom stereocenters. The van der Waals surface area contributed by atoms with Crippen molar-refractivity contribution in [1.29, 1.82) is 0 Å². The smallest absolute Gasteiger partial charge is 0.0834 e. The molecule has 0 saturated carbocycles. The third-order valence-electron chi connectivity index (χ3n) is 4.81. The first-order valence-electron chi connectivity index (χ1n) is 8.22. The number of aliphatic hydroxyl groups excluding tert-OH is 1. The fourth-order valence-corrected chi connectivity index (χ4v) is 3.61. The maximum atomic E-state index is 10.7. The summed E-state index contributed by atoms with van der Waals surface area (Å²) in [7, 11) is 0. The number of hydrogen-bond donors (Lipinski definition) is 1. The number of benzene rings is 1. The van der Waals surface area contributed by atoms with Gasteiger partial charge in [-0.1, -0.05) is 30.3 Å². The number of aliphatic hydroxyl groups is 1. The van der Waals surface area contributed by atoms with Gasteiger partial charge in [0.15, 0.2) is 0 Å². The molecule has 3 rings (SSSR count). The molecule has 2 aliphatic rings. The van der Waals surface area contributed by atoms with Gasteiger partial charge in [-0.15, -0.1) is 0 Å². The highest BCUT2D eigenvalue weighted by Gasteiger charge is 2.36. The molecule has 1 aromatic rings. The average molecular weight is 318 g/mol. The third-order valence-corrected chi connectivity index (χ3v) is 4.81. The summed E-state index contributed by atoms with van der Waals surface area (Å²) >= 11 is 0. The van der Waals surface area contributed by atoms with Crippen LogP contribution >= 0.6 is 0 Å². The van der Waals surface area contributed by atoms with E-state index in [0.29, 0.717) is 6.54 Å². The number of likely N-dealkylation sites (tertiary alicyclic amines) is 1. The minimum atomic E-state index is -1.02. The fourth-order valence-electron chi connectivity index (χ4n) is 3.61. The van der Waals surface area contributed by atoms with Gasteiger partial charge < -0.3 is 15.0 Å². The molecule has 126 valence electrons. The Balaban J connectivity index is 1.50. The maximum absolute atomic E-state index is 10.7. The van der Waals surface area contributed by atoms with Crippen LogP contribution in [0.4, 0.5) is 0 Å². The Hall–Kier alpha value is -1.47. The van der Waals surface area contributed by atoms with Crippen molar-refractivity contribution in [2.45, 2.75) is 18.7 Å². The van der Waals surface area contributed by atoms with Gasteiger partial charge in [0.1, 0.15) is 0 Å². The van der Waals surface area contributed by atoms with Crippen molar-refractivity contribution in [3.63, 3.8) is 0 Å². The largest absolute Gasteiger partial charge is 0.549 e. The number of carboxylic acids is 1. The lowest BCUT2D eigenvalue weighted by atomic mass is 10.1. The second-order valence-electron chi connectivity index (χ2n) is 6.50. The van der Waals surface area contributed by atoms with E-state index in [2.05, 4.69) is 21.9 Å².